The summed E-state index contributed by atoms with van der Waals surface area (Å²) in [6.45, 7) is 5.90. The summed E-state index contributed by atoms with van der Waals surface area (Å²) in [6, 6.07) is 12.7. The Morgan fingerprint density at radius 1 is 1.25 bits per heavy atom. The maximum atomic E-state index is 12.9. The predicted octanol–water partition coefficient (Wildman–Crippen LogP) is 5.32. The number of piperidine rings is 1. The van der Waals surface area contributed by atoms with Crippen LogP contribution in [0.1, 0.15) is 68.2 Å². The standard InChI is InChI=1S/C25H31N2O4.Y/c1-3-5-14-23(28)19-10-7-12-21(16-19)26-22(13-8-15-24(26)29)17-20-11-6-9-18(4-2)25(20)27(30)31;/h6-7,9-12,16,22-23,28H,2-5,8,13-15,17H2,1H3;/q-1;. The number of carbonyl (C=O) groups excluding carboxylic acids is 1. The number of nitrogens with zero attached hydrogens (tertiary/aromatic N) is 2. The first kappa shape index (κ1) is 26.6. The SMILES string of the molecule is [CH2-]Cc1cccc(CC2CCCC(=O)N2c2cccc(C(O)CCCC)c2)c1[N+](=O)[O-].[Y]. The molecule has 1 aliphatic heterocycles. The Kier molecular flexibility index (Phi) is 10.5. The van der Waals surface area contributed by atoms with Crippen molar-refractivity contribution >= 4 is 17.3 Å². The molecule has 6 nitrogen and oxygen atoms in total. The van der Waals surface area contributed by atoms with Crippen LogP contribution in [0, 0.1) is 17.0 Å². The number of unbranched alkanes of at least 4 members (excludes halogenated alkanes) is 1. The van der Waals surface area contributed by atoms with Crippen molar-refractivity contribution in [2.45, 2.75) is 70.4 Å². The van der Waals surface area contributed by atoms with E-state index in [1.165, 1.54) is 0 Å². The average Bonchev–Trinajstić information content (AvgIpc) is 2.77. The molecule has 1 fully saturated rings. The van der Waals surface area contributed by atoms with Crippen molar-refractivity contribution in [1.29, 1.82) is 0 Å². The van der Waals surface area contributed by atoms with E-state index < -0.39 is 6.10 Å². The molecule has 1 aliphatic rings. The van der Waals surface area contributed by atoms with Gasteiger partial charge in [-0.3, -0.25) is 14.9 Å². The minimum Gasteiger partial charge on any atom is -0.388 e. The van der Waals surface area contributed by atoms with Gasteiger partial charge < -0.3 is 16.9 Å². The van der Waals surface area contributed by atoms with Crippen molar-refractivity contribution in [2.24, 2.45) is 0 Å². The number of nitro benzene ring substituents is 1. The maximum absolute atomic E-state index is 12.9. The van der Waals surface area contributed by atoms with Gasteiger partial charge in [0.2, 0.25) is 5.91 Å². The Labute approximate surface area is 215 Å². The van der Waals surface area contributed by atoms with Gasteiger partial charge in [-0.25, -0.2) is 0 Å². The first-order chi connectivity index (χ1) is 15.0. The summed E-state index contributed by atoms with van der Waals surface area (Å²) in [4.78, 5) is 26.1. The fourth-order valence-corrected chi connectivity index (χ4v) is 4.44. The molecule has 2 unspecified atom stereocenters. The van der Waals surface area contributed by atoms with E-state index >= 15 is 0 Å². The Morgan fingerprint density at radius 2 is 1.97 bits per heavy atom. The molecule has 7 heteroatoms. The van der Waals surface area contributed by atoms with Crippen LogP contribution in [-0.2, 0) is 50.3 Å². The molecule has 2 atom stereocenters. The number of benzene rings is 2. The van der Waals surface area contributed by atoms with Crippen LogP contribution in [0.15, 0.2) is 42.5 Å². The number of nitro groups is 1. The van der Waals surface area contributed by atoms with Crippen molar-refractivity contribution in [3.8, 4) is 0 Å². The number of amides is 1. The molecule has 1 radical (unpaired) electrons. The molecule has 0 bridgehead atoms. The van der Waals surface area contributed by atoms with E-state index in [-0.39, 0.29) is 55.3 Å². The second-order valence-corrected chi connectivity index (χ2v) is 8.20. The number of para-hydroxylation sites is 1. The van der Waals surface area contributed by atoms with E-state index in [2.05, 4.69) is 13.8 Å². The first-order valence-corrected chi connectivity index (χ1v) is 11.1. The molecule has 0 aromatic heterocycles. The molecule has 0 spiro atoms. The second kappa shape index (κ2) is 12.6. The third-order valence-electron chi connectivity index (χ3n) is 6.04. The molecule has 1 N–H and O–H groups in total. The van der Waals surface area contributed by atoms with Crippen LogP contribution >= 0.6 is 0 Å². The zero-order chi connectivity index (χ0) is 22.4. The molecule has 1 amide bonds. The Bertz CT molecular complexity index is 934. The molecule has 0 saturated carbocycles. The van der Waals surface area contributed by atoms with Gasteiger partial charge in [0.15, 0.2) is 0 Å². The van der Waals surface area contributed by atoms with Crippen molar-refractivity contribution in [1.82, 2.24) is 0 Å². The minimum atomic E-state index is -0.562. The molecule has 0 aliphatic carbocycles. The Hall–Kier alpha value is -1.63. The fraction of sp³-hybridized carbons (Fsp3) is 0.440. The molecule has 1 saturated heterocycles. The van der Waals surface area contributed by atoms with Crippen LogP contribution in [0.2, 0.25) is 0 Å². The van der Waals surface area contributed by atoms with Crippen molar-refractivity contribution in [3.05, 3.63) is 76.2 Å². The van der Waals surface area contributed by atoms with Gasteiger partial charge in [-0.05, 0) is 37.0 Å². The van der Waals surface area contributed by atoms with Crippen LogP contribution in [0.5, 0.6) is 0 Å². The van der Waals surface area contributed by atoms with Gasteiger partial charge in [0.05, 0.1) is 11.0 Å². The van der Waals surface area contributed by atoms with Gasteiger partial charge >= 0.3 is 0 Å². The van der Waals surface area contributed by atoms with Gasteiger partial charge in [-0.2, -0.15) is 0 Å². The summed E-state index contributed by atoms with van der Waals surface area (Å²) in [7, 11) is 0. The van der Waals surface area contributed by atoms with Crippen molar-refractivity contribution in [3.63, 3.8) is 0 Å². The van der Waals surface area contributed by atoms with Gasteiger partial charge in [0.1, 0.15) is 0 Å². The zero-order valence-corrected chi connectivity index (χ0v) is 21.5. The first-order valence-electron chi connectivity index (χ1n) is 11.1. The second-order valence-electron chi connectivity index (χ2n) is 8.20. The summed E-state index contributed by atoms with van der Waals surface area (Å²) in [5, 5.41) is 22.2. The van der Waals surface area contributed by atoms with E-state index in [4.69, 9.17) is 0 Å². The van der Waals surface area contributed by atoms with E-state index in [0.717, 1.165) is 36.9 Å². The van der Waals surface area contributed by atoms with Crippen molar-refractivity contribution < 1.29 is 47.5 Å². The summed E-state index contributed by atoms with van der Waals surface area (Å²) in [6.07, 6.45) is 4.82. The molecule has 3 rings (SSSR count). The topological polar surface area (TPSA) is 83.7 Å². The molecule has 32 heavy (non-hydrogen) atoms. The summed E-state index contributed by atoms with van der Waals surface area (Å²) >= 11 is 0. The summed E-state index contributed by atoms with van der Waals surface area (Å²) < 4.78 is 0. The van der Waals surface area contributed by atoms with Gasteiger partial charge in [0.25, 0.3) is 5.69 Å². The van der Waals surface area contributed by atoms with Crippen LogP contribution in [-0.4, -0.2) is 22.0 Å². The number of carbonyl (C=O) groups is 1. The number of rotatable bonds is 9. The number of aliphatic hydroxyl groups excluding tert-OH is 1. The van der Waals surface area contributed by atoms with Gasteiger partial charge in [-0.15, -0.1) is 6.42 Å². The maximum Gasteiger partial charge on any atom is 0.273 e. The average molecular weight is 512 g/mol. The van der Waals surface area contributed by atoms with E-state index in [0.29, 0.717) is 36.8 Å². The summed E-state index contributed by atoms with van der Waals surface area (Å²) in [5.74, 6) is 0.0208. The monoisotopic (exact) mass is 512 g/mol. The zero-order valence-electron chi connectivity index (χ0n) is 18.7. The number of hydrogen-bond donors (Lipinski definition) is 1. The van der Waals surface area contributed by atoms with Crippen LogP contribution < -0.4 is 4.90 Å². The molecule has 2 aromatic carbocycles. The Morgan fingerprint density at radius 3 is 2.66 bits per heavy atom. The Balaban J connectivity index is 0.00000363. The molecule has 169 valence electrons. The fourth-order valence-electron chi connectivity index (χ4n) is 4.44. The van der Waals surface area contributed by atoms with Crippen molar-refractivity contribution in [2.75, 3.05) is 4.90 Å². The number of anilines is 1. The van der Waals surface area contributed by atoms with Crippen LogP contribution in [0.3, 0.4) is 0 Å². The predicted molar refractivity (Wildman–Crippen MR) is 122 cm³/mol. The number of aliphatic hydroxyl groups is 1. The molecular weight excluding hydrogens is 481 g/mol. The van der Waals surface area contributed by atoms with E-state index in [9.17, 15) is 20.0 Å². The smallest absolute Gasteiger partial charge is 0.273 e. The van der Waals surface area contributed by atoms with Gasteiger partial charge in [0, 0.05) is 68.4 Å². The van der Waals surface area contributed by atoms with Gasteiger partial charge in [-0.1, -0.05) is 50.1 Å². The van der Waals surface area contributed by atoms with Crippen LogP contribution in [0.25, 0.3) is 0 Å². The minimum absolute atomic E-state index is 0. The normalized spacial score (nSPS) is 17.0. The molecular formula is C25H31N2O4Y-. The van der Waals surface area contributed by atoms with E-state index in [1.54, 1.807) is 17.0 Å². The molecule has 1 heterocycles. The third-order valence-corrected chi connectivity index (χ3v) is 6.04. The van der Waals surface area contributed by atoms with Crippen LogP contribution in [0.4, 0.5) is 11.4 Å². The number of hydrogen-bond acceptors (Lipinski definition) is 4. The summed E-state index contributed by atoms with van der Waals surface area (Å²) in [5.41, 5.74) is 2.90. The van der Waals surface area contributed by atoms with E-state index in [1.807, 2.05) is 30.3 Å². The quantitative estimate of drug-likeness (QED) is 0.280. The third kappa shape index (κ3) is 6.24. The largest absolute Gasteiger partial charge is 0.388 e. The molecule has 2 aromatic rings.